The molecule has 0 atom stereocenters. The molecule has 9 heteroatoms. The molecule has 0 fully saturated rings. The number of benzene rings is 3. The Balaban J connectivity index is 1.92. The van der Waals surface area contributed by atoms with Crippen molar-refractivity contribution in [3.8, 4) is 22.9 Å². The van der Waals surface area contributed by atoms with Crippen molar-refractivity contribution in [1.29, 1.82) is 0 Å². The Hall–Kier alpha value is -4.53. The van der Waals surface area contributed by atoms with Gasteiger partial charge in [0.1, 0.15) is 0 Å². The molecule has 0 radical (unpaired) electrons. The maximum absolute atomic E-state index is 13.1. The van der Waals surface area contributed by atoms with Gasteiger partial charge in [0.2, 0.25) is 5.75 Å². The smallest absolute Gasteiger partial charge is 0.315 e. The summed E-state index contributed by atoms with van der Waals surface area (Å²) in [6, 6.07) is 18.5. The van der Waals surface area contributed by atoms with Gasteiger partial charge >= 0.3 is 5.69 Å². The number of nitro groups is 1. The molecule has 1 aromatic heterocycles. The summed E-state index contributed by atoms with van der Waals surface area (Å²) in [5.74, 6) is -0.345. The number of hydrogen-bond donors (Lipinski definition) is 1. The van der Waals surface area contributed by atoms with Crippen molar-refractivity contribution in [2.24, 2.45) is 5.10 Å². The van der Waals surface area contributed by atoms with Crippen LogP contribution in [0, 0.1) is 10.1 Å². The molecule has 4 aromatic rings. The molecule has 0 aliphatic heterocycles. The van der Waals surface area contributed by atoms with Crippen LogP contribution in [0.25, 0.3) is 22.3 Å². The Kier molecular flexibility index (Phi) is 5.15. The van der Waals surface area contributed by atoms with Crippen molar-refractivity contribution < 1.29 is 14.8 Å². The van der Waals surface area contributed by atoms with Crippen LogP contribution in [-0.4, -0.2) is 33.0 Å². The lowest BCUT2D eigenvalue weighted by Gasteiger charge is -2.09. The molecule has 0 saturated heterocycles. The molecule has 3 aromatic carbocycles. The van der Waals surface area contributed by atoms with Gasteiger partial charge in [-0.2, -0.15) is 9.78 Å². The van der Waals surface area contributed by atoms with E-state index < -0.39 is 16.4 Å². The summed E-state index contributed by atoms with van der Waals surface area (Å²) in [6.07, 6.45) is 1.28. The first-order valence-corrected chi connectivity index (χ1v) is 9.16. The van der Waals surface area contributed by atoms with Crippen molar-refractivity contribution >= 4 is 22.8 Å². The SMILES string of the molecule is COc1cc(C=Nn2c(-c3ccccc3)nc3ccccc3c2=O)cc([N+](=O)[O-])c1O. The van der Waals surface area contributed by atoms with Crippen LogP contribution in [0.3, 0.4) is 0 Å². The molecular weight excluding hydrogens is 400 g/mol. The topological polar surface area (TPSA) is 120 Å². The molecule has 0 aliphatic carbocycles. The molecule has 0 spiro atoms. The third kappa shape index (κ3) is 3.71. The summed E-state index contributed by atoms with van der Waals surface area (Å²) < 4.78 is 6.15. The molecule has 0 bridgehead atoms. The van der Waals surface area contributed by atoms with Crippen molar-refractivity contribution in [3.63, 3.8) is 0 Å². The van der Waals surface area contributed by atoms with Gasteiger partial charge in [-0.05, 0) is 18.2 Å². The molecule has 0 unspecified atom stereocenters. The average Bonchev–Trinajstić information content (AvgIpc) is 2.79. The summed E-state index contributed by atoms with van der Waals surface area (Å²) in [4.78, 5) is 28.2. The van der Waals surface area contributed by atoms with Crippen LogP contribution in [0.2, 0.25) is 0 Å². The van der Waals surface area contributed by atoms with Crippen LogP contribution in [0.1, 0.15) is 5.56 Å². The molecule has 0 aliphatic rings. The lowest BCUT2D eigenvalue weighted by molar-refractivity contribution is -0.386. The fraction of sp³-hybridized carbons (Fsp3) is 0.0455. The number of aromatic nitrogens is 2. The second-order valence-electron chi connectivity index (χ2n) is 6.53. The Morgan fingerprint density at radius 1 is 1.13 bits per heavy atom. The van der Waals surface area contributed by atoms with Crippen molar-refractivity contribution in [3.05, 3.63) is 92.8 Å². The quantitative estimate of drug-likeness (QED) is 0.302. The van der Waals surface area contributed by atoms with Crippen LogP contribution in [-0.2, 0) is 0 Å². The highest BCUT2D eigenvalue weighted by Gasteiger charge is 2.19. The van der Waals surface area contributed by atoms with Gasteiger partial charge in [-0.25, -0.2) is 4.98 Å². The largest absolute Gasteiger partial charge is 0.500 e. The highest BCUT2D eigenvalue weighted by atomic mass is 16.6. The second-order valence-corrected chi connectivity index (χ2v) is 6.53. The number of nitrogens with zero attached hydrogens (tertiary/aromatic N) is 4. The summed E-state index contributed by atoms with van der Waals surface area (Å²) in [6.45, 7) is 0. The minimum Gasteiger partial charge on any atom is -0.500 e. The molecule has 154 valence electrons. The molecule has 9 nitrogen and oxygen atoms in total. The highest BCUT2D eigenvalue weighted by Crippen LogP contribution is 2.36. The number of hydrogen-bond acceptors (Lipinski definition) is 7. The summed E-state index contributed by atoms with van der Waals surface area (Å²) in [5, 5.41) is 25.8. The monoisotopic (exact) mass is 416 g/mol. The zero-order chi connectivity index (χ0) is 22.0. The first-order chi connectivity index (χ1) is 15.0. The van der Waals surface area contributed by atoms with E-state index in [0.717, 1.165) is 10.7 Å². The van der Waals surface area contributed by atoms with Crippen molar-refractivity contribution in [2.75, 3.05) is 7.11 Å². The van der Waals surface area contributed by atoms with Crippen molar-refractivity contribution in [2.45, 2.75) is 0 Å². The molecular formula is C22H16N4O5. The fourth-order valence-corrected chi connectivity index (χ4v) is 3.11. The molecule has 0 saturated carbocycles. The van der Waals surface area contributed by atoms with Gasteiger partial charge in [-0.1, -0.05) is 42.5 Å². The summed E-state index contributed by atoms with van der Waals surface area (Å²) >= 11 is 0. The number of phenols is 1. The minimum atomic E-state index is -0.728. The van der Waals surface area contributed by atoms with Crippen LogP contribution in [0.4, 0.5) is 5.69 Å². The predicted octanol–water partition coefficient (Wildman–Crippen LogP) is 3.57. The van der Waals surface area contributed by atoms with Crippen LogP contribution >= 0.6 is 0 Å². The van der Waals surface area contributed by atoms with Gasteiger partial charge in [0.15, 0.2) is 11.6 Å². The Labute approximate surface area is 175 Å². The van der Waals surface area contributed by atoms with E-state index in [1.54, 1.807) is 36.4 Å². The Bertz CT molecular complexity index is 1380. The van der Waals surface area contributed by atoms with E-state index in [4.69, 9.17) is 4.74 Å². The minimum absolute atomic E-state index is 0.0806. The third-order valence-corrected chi connectivity index (χ3v) is 4.60. The first kappa shape index (κ1) is 19.8. The van der Waals surface area contributed by atoms with Crippen molar-refractivity contribution in [1.82, 2.24) is 9.66 Å². The number of phenolic OH excluding ortho intramolecular Hbond substituents is 1. The lowest BCUT2D eigenvalue weighted by Crippen LogP contribution is -2.20. The van der Waals surface area contributed by atoms with Gasteiger partial charge in [-0.3, -0.25) is 14.9 Å². The number of nitro benzene ring substituents is 1. The Morgan fingerprint density at radius 3 is 2.55 bits per heavy atom. The van der Waals surface area contributed by atoms with E-state index in [1.807, 2.05) is 18.2 Å². The standard InChI is InChI=1S/C22H16N4O5/c1-31-19-12-14(11-18(20(19)27)26(29)30)13-23-25-21(15-7-3-2-4-8-15)24-17-10-6-5-9-16(17)22(25)28/h2-13,27H,1H3. The van der Waals surface area contributed by atoms with Crippen LogP contribution in [0.5, 0.6) is 11.5 Å². The first-order valence-electron chi connectivity index (χ1n) is 9.16. The maximum atomic E-state index is 13.1. The van der Waals surface area contributed by atoms with Gasteiger partial charge < -0.3 is 9.84 Å². The molecule has 1 heterocycles. The summed E-state index contributed by atoms with van der Waals surface area (Å²) in [5.41, 5.74) is 0.547. The van der Waals surface area contributed by atoms with E-state index in [-0.39, 0.29) is 16.9 Å². The zero-order valence-corrected chi connectivity index (χ0v) is 16.3. The highest BCUT2D eigenvalue weighted by molar-refractivity contribution is 5.84. The van der Waals surface area contributed by atoms with E-state index >= 15 is 0 Å². The number of fused-ring (bicyclic) bond motifs is 1. The number of methoxy groups -OCH3 is 1. The van der Waals surface area contributed by atoms with E-state index in [9.17, 15) is 20.0 Å². The molecule has 31 heavy (non-hydrogen) atoms. The normalized spacial score (nSPS) is 11.1. The second kappa shape index (κ2) is 8.07. The van der Waals surface area contributed by atoms with E-state index in [2.05, 4.69) is 10.1 Å². The van der Waals surface area contributed by atoms with Gasteiger partial charge in [-0.15, -0.1) is 0 Å². The lowest BCUT2D eigenvalue weighted by atomic mass is 10.2. The predicted molar refractivity (Wildman–Crippen MR) is 116 cm³/mol. The van der Waals surface area contributed by atoms with E-state index in [0.29, 0.717) is 22.3 Å². The molecule has 0 amide bonds. The summed E-state index contributed by atoms with van der Waals surface area (Å²) in [7, 11) is 1.28. The average molecular weight is 416 g/mol. The number of ether oxygens (including phenoxy) is 1. The maximum Gasteiger partial charge on any atom is 0.315 e. The number of rotatable bonds is 5. The zero-order valence-electron chi connectivity index (χ0n) is 16.3. The van der Waals surface area contributed by atoms with Gasteiger partial charge in [0.05, 0.1) is 29.2 Å². The molecule has 4 rings (SSSR count). The van der Waals surface area contributed by atoms with Crippen LogP contribution in [0.15, 0.2) is 76.6 Å². The van der Waals surface area contributed by atoms with Crippen LogP contribution < -0.4 is 10.3 Å². The fourth-order valence-electron chi connectivity index (χ4n) is 3.11. The Morgan fingerprint density at radius 2 is 1.84 bits per heavy atom. The molecule has 1 N–H and O–H groups in total. The van der Waals surface area contributed by atoms with E-state index in [1.165, 1.54) is 19.4 Å². The van der Waals surface area contributed by atoms with Gasteiger partial charge in [0.25, 0.3) is 5.56 Å². The number of para-hydroxylation sites is 1. The number of aromatic hydroxyl groups is 1. The van der Waals surface area contributed by atoms with Gasteiger partial charge in [0, 0.05) is 17.2 Å². The third-order valence-electron chi connectivity index (χ3n) is 4.60.